The van der Waals surface area contributed by atoms with E-state index in [-0.39, 0.29) is 17.1 Å². The number of hydrogen-bond acceptors (Lipinski definition) is 4. The molecule has 0 saturated carbocycles. The molecule has 1 unspecified atom stereocenters. The van der Waals surface area contributed by atoms with Crippen LogP contribution in [0, 0.1) is 0 Å². The highest BCUT2D eigenvalue weighted by molar-refractivity contribution is 7.92. The zero-order valence-corrected chi connectivity index (χ0v) is 13.0. The van der Waals surface area contributed by atoms with Crippen molar-refractivity contribution >= 4 is 21.6 Å². The molecule has 0 aliphatic heterocycles. The number of hydrogen-bond donors (Lipinski definition) is 1. The van der Waals surface area contributed by atoms with Gasteiger partial charge in [0, 0.05) is 12.0 Å². The van der Waals surface area contributed by atoms with Gasteiger partial charge < -0.3 is 5.11 Å². The van der Waals surface area contributed by atoms with Crippen molar-refractivity contribution in [3.05, 3.63) is 29.8 Å². The van der Waals surface area contributed by atoms with E-state index in [1.165, 1.54) is 31.2 Å². The van der Waals surface area contributed by atoms with Gasteiger partial charge in [-0.1, -0.05) is 32.4 Å². The lowest BCUT2D eigenvalue weighted by Gasteiger charge is -2.11. The molecule has 1 rings (SSSR count). The second kappa shape index (κ2) is 7.36. The molecule has 1 atom stereocenters. The van der Waals surface area contributed by atoms with Crippen LogP contribution in [0.25, 0.3) is 0 Å². The van der Waals surface area contributed by atoms with Crippen LogP contribution in [0.5, 0.6) is 0 Å². The number of Topliss-reactive ketones (excluding diaryl/α,β-unsaturated/α-hetero) is 1. The Hall–Kier alpha value is -1.69. The fraction of sp³-hybridized carbons (Fsp3) is 0.467. The summed E-state index contributed by atoms with van der Waals surface area (Å²) >= 11 is 0. The van der Waals surface area contributed by atoms with Gasteiger partial charge in [-0.05, 0) is 25.0 Å². The number of benzene rings is 1. The monoisotopic (exact) mass is 312 g/mol. The fourth-order valence-electron chi connectivity index (χ4n) is 2.00. The first-order chi connectivity index (χ1) is 9.84. The first kappa shape index (κ1) is 17.4. The minimum Gasteiger partial charge on any atom is -0.480 e. The molecule has 0 aliphatic rings. The topological polar surface area (TPSA) is 88.5 Å². The van der Waals surface area contributed by atoms with Crippen LogP contribution in [0.4, 0.5) is 0 Å². The maximum Gasteiger partial charge on any atom is 0.322 e. The van der Waals surface area contributed by atoms with E-state index >= 15 is 0 Å². The molecule has 0 aliphatic carbocycles. The largest absolute Gasteiger partial charge is 0.480 e. The summed E-state index contributed by atoms with van der Waals surface area (Å²) < 4.78 is 24.4. The van der Waals surface area contributed by atoms with Crippen LogP contribution in [-0.2, 0) is 14.6 Å². The maximum absolute atomic E-state index is 12.2. The molecule has 0 heterocycles. The van der Waals surface area contributed by atoms with E-state index in [2.05, 4.69) is 0 Å². The van der Waals surface area contributed by atoms with E-state index in [4.69, 9.17) is 5.11 Å². The highest BCUT2D eigenvalue weighted by Gasteiger charge is 2.32. The summed E-state index contributed by atoms with van der Waals surface area (Å²) in [5, 5.41) is 7.52. The van der Waals surface area contributed by atoms with Crippen molar-refractivity contribution in [2.45, 2.75) is 49.7 Å². The molecule has 1 aromatic carbocycles. The first-order valence-corrected chi connectivity index (χ1v) is 8.49. The number of carbonyl (C=O) groups is 2. The van der Waals surface area contributed by atoms with Crippen molar-refractivity contribution in [3.8, 4) is 0 Å². The quantitative estimate of drug-likeness (QED) is 0.746. The normalized spacial score (nSPS) is 12.9. The van der Waals surface area contributed by atoms with Gasteiger partial charge in [-0.15, -0.1) is 0 Å². The molecule has 0 aromatic heterocycles. The third kappa shape index (κ3) is 4.14. The molecule has 5 nitrogen and oxygen atoms in total. The van der Waals surface area contributed by atoms with E-state index < -0.39 is 21.1 Å². The Labute approximate surface area is 124 Å². The number of aliphatic carboxylic acids is 1. The second-order valence-corrected chi connectivity index (χ2v) is 6.96. The number of sulfone groups is 1. The zero-order chi connectivity index (χ0) is 16.0. The van der Waals surface area contributed by atoms with Gasteiger partial charge in [-0.25, -0.2) is 8.42 Å². The molecular formula is C15H20O5S. The number of rotatable bonds is 8. The van der Waals surface area contributed by atoms with Crippen LogP contribution in [0.1, 0.15) is 49.9 Å². The van der Waals surface area contributed by atoms with Gasteiger partial charge in [0.1, 0.15) is 0 Å². The maximum atomic E-state index is 12.2. The van der Waals surface area contributed by atoms with Crippen LogP contribution < -0.4 is 0 Å². The molecule has 1 aromatic rings. The molecule has 0 spiro atoms. The van der Waals surface area contributed by atoms with Crippen molar-refractivity contribution in [2.75, 3.05) is 0 Å². The molecule has 21 heavy (non-hydrogen) atoms. The lowest BCUT2D eigenvalue weighted by molar-refractivity contribution is -0.136. The molecular weight excluding hydrogens is 292 g/mol. The lowest BCUT2D eigenvalue weighted by atomic mass is 10.1. The molecule has 0 amide bonds. The van der Waals surface area contributed by atoms with Gasteiger partial charge in [0.15, 0.2) is 20.9 Å². The number of unbranched alkanes of at least 4 members (excludes halogenated alkanes) is 1. The minimum absolute atomic E-state index is 0.00511. The Morgan fingerprint density at radius 3 is 2.14 bits per heavy atom. The molecule has 0 fully saturated rings. The van der Waals surface area contributed by atoms with Crippen LogP contribution in [-0.4, -0.2) is 30.5 Å². The smallest absolute Gasteiger partial charge is 0.322 e. The molecule has 6 heteroatoms. The lowest BCUT2D eigenvalue weighted by Crippen LogP contribution is -2.29. The Balaban J connectivity index is 3.01. The highest BCUT2D eigenvalue weighted by Crippen LogP contribution is 2.20. The zero-order valence-electron chi connectivity index (χ0n) is 12.2. The van der Waals surface area contributed by atoms with E-state index in [1.54, 1.807) is 0 Å². The van der Waals surface area contributed by atoms with Gasteiger partial charge in [-0.3, -0.25) is 9.59 Å². The van der Waals surface area contributed by atoms with E-state index in [0.717, 1.165) is 12.8 Å². The summed E-state index contributed by atoms with van der Waals surface area (Å²) in [4.78, 5) is 22.8. The highest BCUT2D eigenvalue weighted by atomic mass is 32.2. The van der Waals surface area contributed by atoms with E-state index in [1.807, 2.05) is 6.92 Å². The predicted molar refractivity (Wildman–Crippen MR) is 79.2 cm³/mol. The van der Waals surface area contributed by atoms with Gasteiger partial charge in [0.2, 0.25) is 0 Å². The van der Waals surface area contributed by atoms with Gasteiger partial charge >= 0.3 is 5.97 Å². The van der Waals surface area contributed by atoms with Crippen molar-refractivity contribution in [3.63, 3.8) is 0 Å². The third-order valence-corrected chi connectivity index (χ3v) is 5.50. The van der Waals surface area contributed by atoms with Crippen molar-refractivity contribution < 1.29 is 23.1 Å². The summed E-state index contributed by atoms with van der Waals surface area (Å²) in [6.45, 7) is 3.50. The SMILES string of the molecule is CCCCC(=O)c1ccc(S(=O)(=O)C(CC)C(=O)O)cc1. The summed E-state index contributed by atoms with van der Waals surface area (Å²) in [6, 6.07) is 5.50. The standard InChI is InChI=1S/C15H20O5S/c1-3-5-6-13(16)11-7-9-12(10-8-11)21(19,20)14(4-2)15(17)18/h7-10,14H,3-6H2,1-2H3,(H,17,18). The minimum atomic E-state index is -3.92. The molecule has 1 N–H and O–H groups in total. The van der Waals surface area contributed by atoms with Gasteiger partial charge in [-0.2, -0.15) is 0 Å². The van der Waals surface area contributed by atoms with Crippen LogP contribution >= 0.6 is 0 Å². The average molecular weight is 312 g/mol. The number of ketones is 1. The van der Waals surface area contributed by atoms with Gasteiger partial charge in [0.05, 0.1) is 4.90 Å². The van der Waals surface area contributed by atoms with Crippen LogP contribution in [0.15, 0.2) is 29.2 Å². The van der Waals surface area contributed by atoms with Crippen LogP contribution in [0.3, 0.4) is 0 Å². The fourth-order valence-corrected chi connectivity index (χ4v) is 3.55. The van der Waals surface area contributed by atoms with Gasteiger partial charge in [0.25, 0.3) is 0 Å². The molecule has 0 radical (unpaired) electrons. The van der Waals surface area contributed by atoms with E-state index in [0.29, 0.717) is 12.0 Å². The molecule has 116 valence electrons. The van der Waals surface area contributed by atoms with Crippen LogP contribution in [0.2, 0.25) is 0 Å². The Morgan fingerprint density at radius 1 is 1.14 bits per heavy atom. The summed E-state index contributed by atoms with van der Waals surface area (Å²) in [7, 11) is -3.92. The summed E-state index contributed by atoms with van der Waals surface area (Å²) in [6.07, 6.45) is 2.12. The number of carboxylic acids is 1. The second-order valence-electron chi connectivity index (χ2n) is 4.83. The van der Waals surface area contributed by atoms with Crippen molar-refractivity contribution in [1.29, 1.82) is 0 Å². The Kier molecular flexibility index (Phi) is 6.08. The van der Waals surface area contributed by atoms with Crippen molar-refractivity contribution in [2.24, 2.45) is 0 Å². The summed E-state index contributed by atoms with van der Waals surface area (Å²) in [5.74, 6) is -1.40. The predicted octanol–water partition coefficient (Wildman–Crippen LogP) is 2.70. The molecule has 0 saturated heterocycles. The van der Waals surface area contributed by atoms with Crippen molar-refractivity contribution in [1.82, 2.24) is 0 Å². The molecule has 0 bridgehead atoms. The number of carbonyl (C=O) groups excluding carboxylic acids is 1. The Bertz CT molecular complexity index is 601. The average Bonchev–Trinajstić information content (AvgIpc) is 2.44. The number of carboxylic acid groups (broad SMARTS) is 1. The first-order valence-electron chi connectivity index (χ1n) is 6.94. The summed E-state index contributed by atoms with van der Waals surface area (Å²) in [5.41, 5.74) is 0.450. The van der Waals surface area contributed by atoms with E-state index in [9.17, 15) is 18.0 Å². The Morgan fingerprint density at radius 2 is 1.71 bits per heavy atom. The third-order valence-electron chi connectivity index (χ3n) is 3.28.